The highest BCUT2D eigenvalue weighted by atomic mass is 19.1. The van der Waals surface area contributed by atoms with E-state index in [2.05, 4.69) is 5.32 Å². The highest BCUT2D eigenvalue weighted by Gasteiger charge is 2.19. The molecule has 0 aromatic heterocycles. The van der Waals surface area contributed by atoms with Crippen molar-refractivity contribution in [1.82, 2.24) is 5.32 Å². The van der Waals surface area contributed by atoms with E-state index in [9.17, 15) is 4.39 Å². The lowest BCUT2D eigenvalue weighted by molar-refractivity contribution is 0.281. The van der Waals surface area contributed by atoms with E-state index in [1.54, 1.807) is 6.07 Å². The lowest BCUT2D eigenvalue weighted by Crippen LogP contribution is -2.26. The summed E-state index contributed by atoms with van der Waals surface area (Å²) in [6.07, 6.45) is 4.01. The molecule has 1 aliphatic rings. The lowest BCUT2D eigenvalue weighted by atomic mass is 9.87. The van der Waals surface area contributed by atoms with Gasteiger partial charge in [-0.05, 0) is 55.5 Å². The fraction of sp³-hybridized carbons (Fsp3) is 0.538. The van der Waals surface area contributed by atoms with Gasteiger partial charge in [-0.25, -0.2) is 4.39 Å². The van der Waals surface area contributed by atoms with Gasteiger partial charge in [0.15, 0.2) is 0 Å². The van der Waals surface area contributed by atoms with Crippen molar-refractivity contribution >= 4 is 0 Å². The van der Waals surface area contributed by atoms with Gasteiger partial charge in [-0.1, -0.05) is 6.07 Å². The van der Waals surface area contributed by atoms with Crippen LogP contribution in [-0.2, 0) is 6.42 Å². The Morgan fingerprint density at radius 2 is 2.31 bits per heavy atom. The average Bonchev–Trinajstić information content (AvgIpc) is 2.30. The van der Waals surface area contributed by atoms with Crippen LogP contribution >= 0.6 is 0 Å². The summed E-state index contributed by atoms with van der Waals surface area (Å²) in [4.78, 5) is 0. The summed E-state index contributed by atoms with van der Waals surface area (Å²) in [5.41, 5.74) is 2.36. The van der Waals surface area contributed by atoms with Crippen LogP contribution < -0.4 is 5.32 Å². The number of aliphatic hydroxyl groups excluding tert-OH is 1. The van der Waals surface area contributed by atoms with Crippen LogP contribution in [0.15, 0.2) is 18.2 Å². The zero-order chi connectivity index (χ0) is 11.4. The van der Waals surface area contributed by atoms with E-state index >= 15 is 0 Å². The molecule has 0 amide bonds. The van der Waals surface area contributed by atoms with Gasteiger partial charge in [0.25, 0.3) is 0 Å². The molecular formula is C13H18FNO. The van der Waals surface area contributed by atoms with Crippen LogP contribution in [0, 0.1) is 5.82 Å². The molecule has 1 aromatic rings. The Morgan fingerprint density at radius 1 is 1.44 bits per heavy atom. The number of rotatable bonds is 4. The summed E-state index contributed by atoms with van der Waals surface area (Å²) in [5.74, 6) is -0.158. The first-order valence-electron chi connectivity index (χ1n) is 5.94. The topological polar surface area (TPSA) is 32.3 Å². The van der Waals surface area contributed by atoms with E-state index in [-0.39, 0.29) is 18.5 Å². The SMILES string of the molecule is OCCCNC1CCCc2ccc(F)cc21. The van der Waals surface area contributed by atoms with Crippen LogP contribution in [0.1, 0.15) is 36.4 Å². The molecule has 3 heteroatoms. The van der Waals surface area contributed by atoms with Crippen molar-refractivity contribution in [1.29, 1.82) is 0 Å². The van der Waals surface area contributed by atoms with E-state index < -0.39 is 0 Å². The van der Waals surface area contributed by atoms with Crippen molar-refractivity contribution < 1.29 is 9.50 Å². The Kier molecular flexibility index (Phi) is 3.91. The zero-order valence-electron chi connectivity index (χ0n) is 9.38. The standard InChI is InChI=1S/C13H18FNO/c14-11-6-5-10-3-1-4-13(12(10)9-11)15-7-2-8-16/h5-6,9,13,15-16H,1-4,7-8H2. The largest absolute Gasteiger partial charge is 0.396 e. The van der Waals surface area contributed by atoms with E-state index in [0.717, 1.165) is 37.8 Å². The van der Waals surface area contributed by atoms with Crippen molar-refractivity contribution in [2.45, 2.75) is 31.7 Å². The molecule has 2 nitrogen and oxygen atoms in total. The number of aryl methyl sites for hydroxylation is 1. The van der Waals surface area contributed by atoms with Gasteiger partial charge in [-0.3, -0.25) is 0 Å². The summed E-state index contributed by atoms with van der Waals surface area (Å²) in [6.45, 7) is 0.993. The highest BCUT2D eigenvalue weighted by Crippen LogP contribution is 2.30. The van der Waals surface area contributed by atoms with Crippen molar-refractivity contribution in [3.05, 3.63) is 35.1 Å². The minimum absolute atomic E-state index is 0.158. The molecule has 16 heavy (non-hydrogen) atoms. The molecule has 0 bridgehead atoms. The first kappa shape index (κ1) is 11.6. The maximum atomic E-state index is 13.2. The third kappa shape index (κ3) is 2.60. The maximum absolute atomic E-state index is 13.2. The third-order valence-corrected chi connectivity index (χ3v) is 3.15. The molecule has 0 heterocycles. The van der Waals surface area contributed by atoms with Gasteiger partial charge < -0.3 is 10.4 Å². The van der Waals surface area contributed by atoms with Crippen molar-refractivity contribution in [2.75, 3.05) is 13.2 Å². The molecule has 0 fully saturated rings. The summed E-state index contributed by atoms with van der Waals surface area (Å²) >= 11 is 0. The summed E-state index contributed by atoms with van der Waals surface area (Å²) in [5, 5.41) is 12.1. The van der Waals surface area contributed by atoms with Crippen LogP contribution in [0.2, 0.25) is 0 Å². The number of fused-ring (bicyclic) bond motifs is 1. The first-order chi connectivity index (χ1) is 7.81. The summed E-state index contributed by atoms with van der Waals surface area (Å²) in [7, 11) is 0. The van der Waals surface area contributed by atoms with E-state index in [0.29, 0.717) is 0 Å². The van der Waals surface area contributed by atoms with Gasteiger partial charge >= 0.3 is 0 Å². The lowest BCUT2D eigenvalue weighted by Gasteiger charge is -2.26. The normalized spacial score (nSPS) is 19.5. The average molecular weight is 223 g/mol. The van der Waals surface area contributed by atoms with Crippen molar-refractivity contribution in [3.63, 3.8) is 0 Å². The van der Waals surface area contributed by atoms with Crippen LogP contribution in [0.4, 0.5) is 4.39 Å². The number of hydrogen-bond donors (Lipinski definition) is 2. The first-order valence-corrected chi connectivity index (χ1v) is 5.94. The second-order valence-corrected chi connectivity index (χ2v) is 4.32. The number of hydrogen-bond acceptors (Lipinski definition) is 2. The fourth-order valence-electron chi connectivity index (χ4n) is 2.34. The molecule has 0 saturated carbocycles. The van der Waals surface area contributed by atoms with E-state index in [4.69, 9.17) is 5.11 Å². The van der Waals surface area contributed by atoms with E-state index in [1.165, 1.54) is 11.6 Å². The molecule has 88 valence electrons. The van der Waals surface area contributed by atoms with Crippen LogP contribution in [0.3, 0.4) is 0 Å². The fourth-order valence-corrected chi connectivity index (χ4v) is 2.34. The second-order valence-electron chi connectivity index (χ2n) is 4.32. The molecule has 2 N–H and O–H groups in total. The smallest absolute Gasteiger partial charge is 0.123 e. The molecule has 1 aromatic carbocycles. The molecule has 1 aliphatic carbocycles. The van der Waals surface area contributed by atoms with Gasteiger partial charge in [0.1, 0.15) is 5.82 Å². The zero-order valence-corrected chi connectivity index (χ0v) is 9.38. The Hall–Kier alpha value is -0.930. The van der Waals surface area contributed by atoms with Crippen LogP contribution in [-0.4, -0.2) is 18.3 Å². The van der Waals surface area contributed by atoms with Crippen LogP contribution in [0.5, 0.6) is 0 Å². The van der Waals surface area contributed by atoms with Gasteiger partial charge in [0.05, 0.1) is 0 Å². The van der Waals surface area contributed by atoms with Crippen molar-refractivity contribution in [3.8, 4) is 0 Å². The number of benzene rings is 1. The molecule has 1 atom stereocenters. The Labute approximate surface area is 95.5 Å². The van der Waals surface area contributed by atoms with Crippen LogP contribution in [0.25, 0.3) is 0 Å². The number of aliphatic hydroxyl groups is 1. The monoisotopic (exact) mass is 223 g/mol. The third-order valence-electron chi connectivity index (χ3n) is 3.15. The minimum atomic E-state index is -0.158. The Balaban J connectivity index is 2.09. The summed E-state index contributed by atoms with van der Waals surface area (Å²) in [6, 6.07) is 5.33. The van der Waals surface area contributed by atoms with Gasteiger partial charge in [-0.2, -0.15) is 0 Å². The quantitative estimate of drug-likeness (QED) is 0.767. The predicted molar refractivity (Wildman–Crippen MR) is 61.8 cm³/mol. The van der Waals surface area contributed by atoms with Crippen molar-refractivity contribution in [2.24, 2.45) is 0 Å². The minimum Gasteiger partial charge on any atom is -0.396 e. The van der Waals surface area contributed by atoms with Gasteiger partial charge in [0, 0.05) is 12.6 Å². The maximum Gasteiger partial charge on any atom is 0.123 e. The molecule has 0 radical (unpaired) electrons. The molecule has 0 spiro atoms. The predicted octanol–water partition coefficient (Wildman–Crippen LogP) is 2.18. The molecular weight excluding hydrogens is 205 g/mol. The molecule has 0 saturated heterocycles. The van der Waals surface area contributed by atoms with E-state index in [1.807, 2.05) is 6.07 Å². The number of halogens is 1. The molecule has 1 unspecified atom stereocenters. The number of nitrogens with one attached hydrogen (secondary N) is 1. The molecule has 0 aliphatic heterocycles. The highest BCUT2D eigenvalue weighted by molar-refractivity contribution is 5.32. The Morgan fingerprint density at radius 3 is 3.12 bits per heavy atom. The Bertz CT molecular complexity index is 354. The summed E-state index contributed by atoms with van der Waals surface area (Å²) < 4.78 is 13.2. The van der Waals surface area contributed by atoms with Gasteiger partial charge in [0.2, 0.25) is 0 Å². The molecule has 2 rings (SSSR count). The second kappa shape index (κ2) is 5.41. The van der Waals surface area contributed by atoms with Gasteiger partial charge in [-0.15, -0.1) is 0 Å².